The maximum Gasteiger partial charge on any atom is 0.393 e. The van der Waals surface area contributed by atoms with Gasteiger partial charge in [-0.2, -0.15) is 13.2 Å². The predicted molar refractivity (Wildman–Crippen MR) is 149 cm³/mol. The van der Waals surface area contributed by atoms with Crippen molar-refractivity contribution in [2.45, 2.75) is 50.5 Å². The van der Waals surface area contributed by atoms with E-state index in [0.29, 0.717) is 46.9 Å². The van der Waals surface area contributed by atoms with Crippen LogP contribution in [0.2, 0.25) is 0 Å². The molecule has 0 amide bonds. The summed E-state index contributed by atoms with van der Waals surface area (Å²) in [5, 5.41) is 0.694. The van der Waals surface area contributed by atoms with Gasteiger partial charge in [0.2, 0.25) is 0 Å². The normalized spacial score (nSPS) is 18.9. The van der Waals surface area contributed by atoms with Crippen LogP contribution in [-0.2, 0) is 13.0 Å². The second-order valence-corrected chi connectivity index (χ2v) is 11.6. The molecule has 40 heavy (non-hydrogen) atoms. The molecule has 0 radical (unpaired) electrons. The summed E-state index contributed by atoms with van der Waals surface area (Å²) in [5.74, 6) is 1.92. The molecule has 1 aromatic carbocycles. The van der Waals surface area contributed by atoms with Crippen LogP contribution in [-0.4, -0.2) is 65.4 Å². The first-order valence-electron chi connectivity index (χ1n) is 13.3. The Morgan fingerprint density at radius 2 is 1.73 bits per heavy atom. The molecular formula is C29H30F3N5O2S. The van der Waals surface area contributed by atoms with E-state index in [9.17, 15) is 13.2 Å². The zero-order valence-corrected chi connectivity index (χ0v) is 23.1. The van der Waals surface area contributed by atoms with Gasteiger partial charge in [-0.15, -0.1) is 11.3 Å². The summed E-state index contributed by atoms with van der Waals surface area (Å²) >= 11 is 1.09. The van der Waals surface area contributed by atoms with Crippen molar-refractivity contribution >= 4 is 27.4 Å². The van der Waals surface area contributed by atoms with Gasteiger partial charge < -0.3 is 14.4 Å². The number of aromatic nitrogens is 3. The highest BCUT2D eigenvalue weighted by molar-refractivity contribution is 7.18. The second kappa shape index (κ2) is 10.9. The fourth-order valence-corrected chi connectivity index (χ4v) is 6.65. The van der Waals surface area contributed by atoms with Crippen LogP contribution in [0.4, 0.5) is 19.0 Å². The summed E-state index contributed by atoms with van der Waals surface area (Å²) < 4.78 is 50.0. The molecule has 0 bridgehead atoms. The van der Waals surface area contributed by atoms with Gasteiger partial charge in [0, 0.05) is 42.3 Å². The molecule has 2 aliphatic rings. The number of alkyl halides is 3. The quantitative estimate of drug-likeness (QED) is 0.266. The van der Waals surface area contributed by atoms with Crippen LogP contribution < -0.4 is 14.4 Å². The summed E-state index contributed by atoms with van der Waals surface area (Å²) in [4.78, 5) is 18.4. The van der Waals surface area contributed by atoms with E-state index in [1.165, 1.54) is 11.9 Å². The van der Waals surface area contributed by atoms with E-state index in [1.807, 2.05) is 19.3 Å². The van der Waals surface area contributed by atoms with Crippen LogP contribution in [0, 0.1) is 0 Å². The predicted octanol–water partition coefficient (Wildman–Crippen LogP) is 6.12. The van der Waals surface area contributed by atoms with Crippen molar-refractivity contribution in [1.82, 2.24) is 19.9 Å². The molecule has 11 heteroatoms. The van der Waals surface area contributed by atoms with Gasteiger partial charge in [0.25, 0.3) is 5.88 Å². The number of rotatable bonds is 7. The van der Waals surface area contributed by atoms with E-state index in [-0.39, 0.29) is 10.9 Å². The third-order valence-corrected chi connectivity index (χ3v) is 8.78. The SMILES string of the molecule is CN(Cc1ccc(-c2cnc3c(c2)OCCO3)cc1)[C@H]1CC[C@@H](N(C)c2ncnc3sc(CC(F)(F)F)cc23)C1. The Morgan fingerprint density at radius 1 is 0.950 bits per heavy atom. The zero-order chi connectivity index (χ0) is 27.9. The van der Waals surface area contributed by atoms with E-state index in [2.05, 4.69) is 56.1 Å². The number of fused-ring (bicyclic) bond motifs is 2. The van der Waals surface area contributed by atoms with Gasteiger partial charge >= 0.3 is 6.18 Å². The van der Waals surface area contributed by atoms with Crippen molar-refractivity contribution in [3.63, 3.8) is 0 Å². The number of halogens is 3. The summed E-state index contributed by atoms with van der Waals surface area (Å²) in [7, 11) is 4.14. The first kappa shape index (κ1) is 26.8. The molecule has 4 heterocycles. The van der Waals surface area contributed by atoms with Crippen LogP contribution in [0.15, 0.2) is 48.9 Å². The molecule has 1 fully saturated rings. The molecule has 0 spiro atoms. The van der Waals surface area contributed by atoms with Crippen molar-refractivity contribution in [2.24, 2.45) is 0 Å². The Kier molecular flexibility index (Phi) is 7.26. The van der Waals surface area contributed by atoms with Gasteiger partial charge in [0.05, 0.1) is 11.8 Å². The third kappa shape index (κ3) is 5.71. The Balaban J connectivity index is 1.09. The number of thiophene rings is 1. The summed E-state index contributed by atoms with van der Waals surface area (Å²) in [6.45, 7) is 1.87. The van der Waals surface area contributed by atoms with Gasteiger partial charge in [-0.1, -0.05) is 24.3 Å². The highest BCUT2D eigenvalue weighted by atomic mass is 32.1. The van der Waals surface area contributed by atoms with Crippen LogP contribution >= 0.6 is 11.3 Å². The van der Waals surface area contributed by atoms with Gasteiger partial charge in [0.15, 0.2) is 5.75 Å². The minimum atomic E-state index is -4.24. The minimum absolute atomic E-state index is 0.251. The Labute approximate surface area is 234 Å². The number of nitrogens with zero attached hydrogens (tertiary/aromatic N) is 5. The highest BCUT2D eigenvalue weighted by Gasteiger charge is 2.32. The smallest absolute Gasteiger partial charge is 0.393 e. The maximum absolute atomic E-state index is 12.9. The molecule has 7 nitrogen and oxygen atoms in total. The monoisotopic (exact) mass is 569 g/mol. The zero-order valence-electron chi connectivity index (χ0n) is 22.3. The topological polar surface area (TPSA) is 63.6 Å². The van der Waals surface area contributed by atoms with Gasteiger partial charge in [-0.3, -0.25) is 4.90 Å². The number of benzene rings is 1. The molecule has 2 atom stereocenters. The van der Waals surface area contributed by atoms with Gasteiger partial charge in [0.1, 0.15) is 30.2 Å². The number of anilines is 1. The van der Waals surface area contributed by atoms with Crippen molar-refractivity contribution < 1.29 is 22.6 Å². The highest BCUT2D eigenvalue weighted by Crippen LogP contribution is 2.37. The lowest BCUT2D eigenvalue weighted by Crippen LogP contribution is -2.34. The molecule has 1 aliphatic carbocycles. The van der Waals surface area contributed by atoms with Crippen molar-refractivity contribution in [1.29, 1.82) is 0 Å². The lowest BCUT2D eigenvalue weighted by Gasteiger charge is -2.28. The second-order valence-electron chi connectivity index (χ2n) is 10.5. The van der Waals surface area contributed by atoms with Gasteiger partial charge in [-0.05, 0) is 49.6 Å². The van der Waals surface area contributed by atoms with Crippen LogP contribution in [0.1, 0.15) is 29.7 Å². The third-order valence-electron chi connectivity index (χ3n) is 7.73. The summed E-state index contributed by atoms with van der Waals surface area (Å²) in [6, 6.07) is 12.7. The maximum atomic E-state index is 12.9. The largest absolute Gasteiger partial charge is 0.484 e. The molecular weight excluding hydrogens is 539 g/mol. The number of ether oxygens (including phenoxy) is 2. The molecule has 4 aromatic rings. The van der Waals surface area contributed by atoms with Crippen LogP contribution in [0.25, 0.3) is 21.3 Å². The van der Waals surface area contributed by atoms with E-state index < -0.39 is 12.6 Å². The molecule has 3 aromatic heterocycles. The van der Waals surface area contributed by atoms with E-state index in [1.54, 1.807) is 6.07 Å². The Morgan fingerprint density at radius 3 is 2.52 bits per heavy atom. The first-order chi connectivity index (χ1) is 19.2. The van der Waals surface area contributed by atoms with E-state index in [4.69, 9.17) is 9.47 Å². The lowest BCUT2D eigenvalue weighted by atomic mass is 10.0. The molecule has 210 valence electrons. The average molecular weight is 570 g/mol. The van der Waals surface area contributed by atoms with Gasteiger partial charge in [-0.25, -0.2) is 15.0 Å². The number of hydrogen-bond donors (Lipinski definition) is 0. The number of pyridine rings is 1. The van der Waals surface area contributed by atoms with E-state index in [0.717, 1.165) is 48.3 Å². The summed E-state index contributed by atoms with van der Waals surface area (Å²) in [6.07, 6.45) is 1.07. The standard InChI is InChI=1S/C29H30F3N5O2S/c1-36(16-18-3-5-19(6-4-18)20-11-25-27(33-15-20)39-10-9-38-25)21-7-8-22(12-21)37(2)26-24-13-23(14-29(30,31)32)40-28(24)35-17-34-26/h3-6,11,13,15,17,21-22H,7-10,12,14,16H2,1-2H3/t21-,22+/m0/s1. The fraction of sp³-hybridized carbons (Fsp3) is 0.414. The average Bonchev–Trinajstić information content (AvgIpc) is 3.59. The molecule has 0 unspecified atom stereocenters. The Bertz CT molecular complexity index is 1490. The number of hydrogen-bond acceptors (Lipinski definition) is 8. The van der Waals surface area contributed by atoms with E-state index >= 15 is 0 Å². The molecule has 0 N–H and O–H groups in total. The van der Waals surface area contributed by atoms with Crippen LogP contribution in [0.5, 0.6) is 11.6 Å². The molecule has 1 aliphatic heterocycles. The first-order valence-corrected chi connectivity index (χ1v) is 14.1. The van der Waals surface area contributed by atoms with Crippen molar-refractivity contribution in [2.75, 3.05) is 32.2 Å². The fourth-order valence-electron chi connectivity index (χ4n) is 5.63. The van der Waals surface area contributed by atoms with Crippen molar-refractivity contribution in [3.8, 4) is 22.8 Å². The van der Waals surface area contributed by atoms with Crippen molar-refractivity contribution in [3.05, 3.63) is 59.4 Å². The van der Waals surface area contributed by atoms with Crippen LogP contribution in [0.3, 0.4) is 0 Å². The molecule has 6 rings (SSSR count). The lowest BCUT2D eigenvalue weighted by molar-refractivity contribution is -0.126. The summed E-state index contributed by atoms with van der Waals surface area (Å²) in [5.41, 5.74) is 3.28. The molecule has 1 saturated carbocycles. The minimum Gasteiger partial charge on any atom is -0.484 e. The Hall–Kier alpha value is -3.44. The molecule has 0 saturated heterocycles.